The number of carbonyl (C=O) groups excluding carboxylic acids is 2. The molecule has 0 fully saturated rings. The zero-order chi connectivity index (χ0) is 24.8. The summed E-state index contributed by atoms with van der Waals surface area (Å²) in [6.45, 7) is 0. The fourth-order valence-electron chi connectivity index (χ4n) is 2.95. The predicted molar refractivity (Wildman–Crippen MR) is 141 cm³/mol. The van der Waals surface area contributed by atoms with Crippen molar-refractivity contribution >= 4 is 70.6 Å². The van der Waals surface area contributed by atoms with Gasteiger partial charge in [-0.2, -0.15) is 10.2 Å². The lowest BCUT2D eigenvalue weighted by Crippen LogP contribution is -2.17. The van der Waals surface area contributed by atoms with Gasteiger partial charge in [-0.3, -0.25) is 9.59 Å². The first kappa shape index (κ1) is 28.1. The van der Waals surface area contributed by atoms with Crippen molar-refractivity contribution in [3.05, 3.63) is 67.6 Å². The Morgan fingerprint density at radius 2 is 1.03 bits per heavy atom. The van der Waals surface area contributed by atoms with Gasteiger partial charge in [-0.05, 0) is 37.1 Å². The van der Waals surface area contributed by atoms with E-state index >= 15 is 0 Å². The molecule has 6 nitrogen and oxygen atoms in total. The maximum absolute atomic E-state index is 11.8. The average Bonchev–Trinajstić information content (AvgIpc) is 2.78. The van der Waals surface area contributed by atoms with Crippen molar-refractivity contribution in [2.45, 2.75) is 51.4 Å². The minimum atomic E-state index is -0.140. The number of hydrogen-bond acceptors (Lipinski definition) is 4. The van der Waals surface area contributed by atoms with Gasteiger partial charge < -0.3 is 0 Å². The minimum Gasteiger partial charge on any atom is -0.273 e. The van der Waals surface area contributed by atoms with E-state index in [9.17, 15) is 9.59 Å². The van der Waals surface area contributed by atoms with Crippen LogP contribution in [-0.2, 0) is 9.59 Å². The van der Waals surface area contributed by atoms with Crippen LogP contribution in [-0.4, -0.2) is 24.2 Å². The third-order valence-corrected chi connectivity index (χ3v) is 5.89. The zero-order valence-electron chi connectivity index (χ0n) is 18.5. The molecule has 34 heavy (non-hydrogen) atoms. The maximum Gasteiger partial charge on any atom is 0.240 e. The summed E-state index contributed by atoms with van der Waals surface area (Å²) in [5, 5.41) is 9.87. The molecular weight excluding hydrogens is 518 g/mol. The number of hydrazone groups is 2. The highest BCUT2D eigenvalue weighted by Gasteiger charge is 2.03. The molecule has 182 valence electrons. The summed E-state index contributed by atoms with van der Waals surface area (Å²) >= 11 is 23.8. The normalized spacial score (nSPS) is 11.3. The highest BCUT2D eigenvalue weighted by molar-refractivity contribution is 6.36. The van der Waals surface area contributed by atoms with Gasteiger partial charge in [-0.1, -0.05) is 84.2 Å². The summed E-state index contributed by atoms with van der Waals surface area (Å²) in [6.07, 6.45) is 9.26. The molecule has 2 N–H and O–H groups in total. The summed E-state index contributed by atoms with van der Waals surface area (Å²) in [6, 6.07) is 10.1. The number of amides is 2. The van der Waals surface area contributed by atoms with E-state index in [-0.39, 0.29) is 11.8 Å². The molecule has 2 rings (SSSR count). The lowest BCUT2D eigenvalue weighted by atomic mass is 10.1. The number of carbonyl (C=O) groups is 2. The van der Waals surface area contributed by atoms with Crippen molar-refractivity contribution < 1.29 is 9.59 Å². The van der Waals surface area contributed by atoms with Gasteiger partial charge in [-0.15, -0.1) is 0 Å². The van der Waals surface area contributed by atoms with Crippen LogP contribution in [0.2, 0.25) is 20.1 Å². The number of nitrogens with zero attached hydrogens (tertiary/aromatic N) is 2. The quantitative estimate of drug-likeness (QED) is 0.161. The lowest BCUT2D eigenvalue weighted by molar-refractivity contribution is -0.122. The monoisotopic (exact) mass is 542 g/mol. The molecule has 0 atom stereocenters. The van der Waals surface area contributed by atoms with Crippen LogP contribution in [0.25, 0.3) is 0 Å². The third-order valence-electron chi connectivity index (χ3n) is 4.77. The van der Waals surface area contributed by atoms with E-state index in [1.165, 1.54) is 12.4 Å². The molecule has 2 aromatic carbocycles. The third kappa shape index (κ3) is 11.3. The van der Waals surface area contributed by atoms with Gasteiger partial charge in [-0.25, -0.2) is 10.9 Å². The van der Waals surface area contributed by atoms with Crippen LogP contribution in [0.1, 0.15) is 62.5 Å². The Labute approximate surface area is 219 Å². The van der Waals surface area contributed by atoms with Gasteiger partial charge >= 0.3 is 0 Å². The van der Waals surface area contributed by atoms with Gasteiger partial charge in [0.05, 0.1) is 22.5 Å². The van der Waals surface area contributed by atoms with Crippen molar-refractivity contribution in [3.8, 4) is 0 Å². The molecule has 0 aliphatic heterocycles. The number of hydrogen-bond donors (Lipinski definition) is 2. The number of nitrogens with one attached hydrogen (secondary N) is 2. The van der Waals surface area contributed by atoms with Crippen LogP contribution in [0.5, 0.6) is 0 Å². The predicted octanol–water partition coefficient (Wildman–Crippen LogP) is 7.02. The van der Waals surface area contributed by atoms with Gasteiger partial charge in [0.2, 0.25) is 11.8 Å². The second-order valence-corrected chi connectivity index (χ2v) is 9.23. The molecule has 0 spiro atoms. The van der Waals surface area contributed by atoms with Gasteiger partial charge in [0.15, 0.2) is 0 Å². The van der Waals surface area contributed by atoms with Gasteiger partial charge in [0, 0.05) is 34.0 Å². The highest BCUT2D eigenvalue weighted by atomic mass is 35.5. The van der Waals surface area contributed by atoms with E-state index in [2.05, 4.69) is 21.1 Å². The standard InChI is InChI=1S/C24H26Cl4N4O2/c25-19-11-9-17(21(27)13-19)15-29-31-23(33)7-5-3-1-2-4-6-8-24(34)32-30-16-18-10-12-20(26)14-22(18)28/h9-16H,1-8H2,(H,31,33)(H,32,34)/b29-15-,30-16-. The first-order valence-corrected chi connectivity index (χ1v) is 12.4. The number of unbranched alkanes of at least 4 members (excludes halogenated alkanes) is 5. The van der Waals surface area contributed by atoms with Crippen molar-refractivity contribution in [2.24, 2.45) is 10.2 Å². The Hall–Kier alpha value is -2.12. The molecule has 0 heterocycles. The van der Waals surface area contributed by atoms with E-state index in [0.29, 0.717) is 44.1 Å². The molecule has 0 bridgehead atoms. The van der Waals surface area contributed by atoms with Crippen LogP contribution in [0, 0.1) is 0 Å². The average molecular weight is 544 g/mol. The van der Waals surface area contributed by atoms with E-state index in [4.69, 9.17) is 46.4 Å². The lowest BCUT2D eigenvalue weighted by Gasteiger charge is -2.03. The summed E-state index contributed by atoms with van der Waals surface area (Å²) in [4.78, 5) is 23.7. The number of benzene rings is 2. The zero-order valence-corrected chi connectivity index (χ0v) is 21.5. The van der Waals surface area contributed by atoms with Crippen molar-refractivity contribution in [1.29, 1.82) is 0 Å². The van der Waals surface area contributed by atoms with Crippen LogP contribution >= 0.6 is 46.4 Å². The molecule has 0 saturated carbocycles. The van der Waals surface area contributed by atoms with Crippen molar-refractivity contribution in [2.75, 3.05) is 0 Å². The molecule has 2 aromatic rings. The molecule has 0 aromatic heterocycles. The van der Waals surface area contributed by atoms with Crippen molar-refractivity contribution in [1.82, 2.24) is 10.9 Å². The smallest absolute Gasteiger partial charge is 0.240 e. The summed E-state index contributed by atoms with van der Waals surface area (Å²) in [7, 11) is 0. The van der Waals surface area contributed by atoms with Crippen LogP contribution < -0.4 is 10.9 Å². The highest BCUT2D eigenvalue weighted by Crippen LogP contribution is 2.20. The fourth-order valence-corrected chi connectivity index (χ4v) is 3.86. The van der Waals surface area contributed by atoms with E-state index in [1.807, 2.05) is 0 Å². The molecule has 0 aliphatic carbocycles. The minimum absolute atomic E-state index is 0.140. The molecule has 2 amide bonds. The first-order chi connectivity index (χ1) is 16.3. The summed E-state index contributed by atoms with van der Waals surface area (Å²) in [5.74, 6) is -0.281. The van der Waals surface area contributed by atoms with E-state index < -0.39 is 0 Å². The second kappa shape index (κ2) is 15.7. The molecular formula is C24H26Cl4N4O2. The van der Waals surface area contributed by atoms with Crippen molar-refractivity contribution in [3.63, 3.8) is 0 Å². The number of rotatable bonds is 13. The number of halogens is 4. The Balaban J connectivity index is 1.48. The Kier molecular flexibility index (Phi) is 13.0. The van der Waals surface area contributed by atoms with Crippen LogP contribution in [0.3, 0.4) is 0 Å². The Bertz CT molecular complexity index is 947. The molecule has 0 unspecified atom stereocenters. The summed E-state index contributed by atoms with van der Waals surface area (Å²) in [5.41, 5.74) is 6.36. The molecule has 0 aliphatic rings. The van der Waals surface area contributed by atoms with Crippen LogP contribution in [0.15, 0.2) is 46.6 Å². The Morgan fingerprint density at radius 1 is 0.647 bits per heavy atom. The first-order valence-electron chi connectivity index (χ1n) is 10.9. The maximum atomic E-state index is 11.8. The largest absolute Gasteiger partial charge is 0.273 e. The van der Waals surface area contributed by atoms with E-state index in [1.54, 1.807) is 36.4 Å². The molecule has 0 saturated heterocycles. The topological polar surface area (TPSA) is 82.9 Å². The van der Waals surface area contributed by atoms with Crippen LogP contribution in [0.4, 0.5) is 0 Å². The second-order valence-electron chi connectivity index (χ2n) is 7.54. The fraction of sp³-hybridized carbons (Fsp3) is 0.333. The molecule has 10 heteroatoms. The summed E-state index contributed by atoms with van der Waals surface area (Å²) < 4.78 is 0. The molecule has 0 radical (unpaired) electrons. The van der Waals surface area contributed by atoms with E-state index in [0.717, 1.165) is 38.5 Å². The SMILES string of the molecule is O=C(CCCCCCCCC(=O)N/N=C\c1ccc(Cl)cc1Cl)N/N=C\c1ccc(Cl)cc1Cl. The van der Waals surface area contributed by atoms with Gasteiger partial charge in [0.1, 0.15) is 0 Å². The van der Waals surface area contributed by atoms with Gasteiger partial charge in [0.25, 0.3) is 0 Å². The Morgan fingerprint density at radius 3 is 1.41 bits per heavy atom.